The van der Waals surface area contributed by atoms with Crippen LogP contribution in [0.5, 0.6) is 0 Å². The Morgan fingerprint density at radius 1 is 1.35 bits per heavy atom. The second-order valence-corrected chi connectivity index (χ2v) is 7.06. The fourth-order valence-electron chi connectivity index (χ4n) is 2.92. The van der Waals surface area contributed by atoms with E-state index in [4.69, 9.17) is 4.42 Å². The van der Waals surface area contributed by atoms with Crippen molar-refractivity contribution in [1.82, 2.24) is 15.6 Å². The lowest BCUT2D eigenvalue weighted by molar-refractivity contribution is -0.121. The van der Waals surface area contributed by atoms with Gasteiger partial charge in [0.05, 0.1) is 5.69 Å². The van der Waals surface area contributed by atoms with Crippen LogP contribution in [-0.2, 0) is 11.2 Å². The fourth-order valence-corrected chi connectivity index (χ4v) is 3.19. The van der Waals surface area contributed by atoms with E-state index in [1.54, 1.807) is 0 Å². The van der Waals surface area contributed by atoms with Gasteiger partial charge in [-0.2, -0.15) is 0 Å². The molecule has 1 saturated heterocycles. The summed E-state index contributed by atoms with van der Waals surface area (Å²) >= 11 is 3.43. The van der Waals surface area contributed by atoms with Crippen LogP contribution in [0.3, 0.4) is 0 Å². The van der Waals surface area contributed by atoms with Gasteiger partial charge in [-0.25, -0.2) is 4.98 Å². The van der Waals surface area contributed by atoms with E-state index in [-0.39, 0.29) is 36.8 Å². The van der Waals surface area contributed by atoms with E-state index in [9.17, 15) is 4.79 Å². The largest absolute Gasteiger partial charge is 0.440 e. The Morgan fingerprint density at radius 2 is 2.08 bits per heavy atom. The summed E-state index contributed by atoms with van der Waals surface area (Å²) < 4.78 is 6.89. The molecule has 3 rings (SSSR count). The van der Waals surface area contributed by atoms with Crippen LogP contribution in [0.2, 0.25) is 0 Å². The lowest BCUT2D eigenvalue weighted by Crippen LogP contribution is -2.45. The van der Waals surface area contributed by atoms with Crippen LogP contribution in [0.15, 0.2) is 33.2 Å². The molecule has 5 nitrogen and oxygen atoms in total. The van der Waals surface area contributed by atoms with Crippen molar-refractivity contribution in [3.05, 3.63) is 40.3 Å². The lowest BCUT2D eigenvalue weighted by Gasteiger charge is -2.23. The number of nitrogens with one attached hydrogen (secondary N) is 2. The van der Waals surface area contributed by atoms with Crippen LogP contribution in [0.1, 0.15) is 30.8 Å². The second-order valence-electron chi connectivity index (χ2n) is 6.14. The molecule has 1 aliphatic heterocycles. The van der Waals surface area contributed by atoms with Gasteiger partial charge < -0.3 is 15.1 Å². The van der Waals surface area contributed by atoms with Crippen LogP contribution in [0.25, 0.3) is 11.3 Å². The number of halogens is 3. The van der Waals surface area contributed by atoms with Gasteiger partial charge in [0.25, 0.3) is 0 Å². The third-order valence-electron chi connectivity index (χ3n) is 4.18. The maximum Gasteiger partial charge on any atom is 0.220 e. The Bertz CT molecular complexity index is 701. The fraction of sp³-hybridized carbons (Fsp3) is 0.444. The number of carbonyl (C=O) groups excluding carboxylic acids is 1. The highest BCUT2D eigenvalue weighted by molar-refractivity contribution is 9.10. The molecule has 1 aromatic heterocycles. The molecule has 0 radical (unpaired) electrons. The first-order chi connectivity index (χ1) is 11.6. The number of nitrogens with zero attached hydrogens (tertiary/aromatic N) is 1. The Hall–Kier alpha value is -1.08. The first kappa shape index (κ1) is 23.0. The maximum absolute atomic E-state index is 12.1. The zero-order valence-corrected chi connectivity index (χ0v) is 17.8. The third kappa shape index (κ3) is 6.27. The van der Waals surface area contributed by atoms with Crippen molar-refractivity contribution >= 4 is 46.7 Å². The molecule has 2 heterocycles. The predicted molar refractivity (Wildman–Crippen MR) is 111 cm³/mol. The summed E-state index contributed by atoms with van der Waals surface area (Å²) in [7, 11) is 0. The van der Waals surface area contributed by atoms with Gasteiger partial charge in [-0.05, 0) is 38.4 Å². The summed E-state index contributed by atoms with van der Waals surface area (Å²) in [6, 6.07) is 8.18. The average Bonchev–Trinajstić information content (AvgIpc) is 2.95. The summed E-state index contributed by atoms with van der Waals surface area (Å²) in [5, 5.41) is 6.37. The number of hydrogen-bond donors (Lipinski definition) is 2. The number of oxazole rings is 1. The second kappa shape index (κ2) is 10.9. The molecule has 144 valence electrons. The molecule has 1 atom stereocenters. The average molecular weight is 465 g/mol. The summed E-state index contributed by atoms with van der Waals surface area (Å²) in [5.41, 5.74) is 1.84. The van der Waals surface area contributed by atoms with Crippen LogP contribution in [-0.4, -0.2) is 30.0 Å². The van der Waals surface area contributed by atoms with Gasteiger partial charge in [0.15, 0.2) is 11.7 Å². The Morgan fingerprint density at radius 3 is 2.73 bits per heavy atom. The molecule has 1 amide bonds. The molecule has 2 aromatic rings. The third-order valence-corrected chi connectivity index (χ3v) is 4.70. The van der Waals surface area contributed by atoms with E-state index in [0.29, 0.717) is 18.7 Å². The minimum atomic E-state index is 0. The topological polar surface area (TPSA) is 67.2 Å². The van der Waals surface area contributed by atoms with Gasteiger partial charge in [-0.15, -0.1) is 24.8 Å². The summed E-state index contributed by atoms with van der Waals surface area (Å²) in [5.74, 6) is 1.45. The van der Waals surface area contributed by atoms with E-state index in [0.717, 1.165) is 47.4 Å². The maximum atomic E-state index is 12.1. The number of carbonyl (C=O) groups is 1. The molecule has 1 unspecified atom stereocenters. The summed E-state index contributed by atoms with van der Waals surface area (Å²) in [6.45, 7) is 3.83. The Labute approximate surface area is 174 Å². The number of rotatable bonds is 5. The zero-order chi connectivity index (χ0) is 16.9. The highest BCUT2D eigenvalue weighted by atomic mass is 79.9. The van der Waals surface area contributed by atoms with Crippen molar-refractivity contribution in [2.45, 2.75) is 38.6 Å². The van der Waals surface area contributed by atoms with Gasteiger partial charge in [-0.1, -0.05) is 28.1 Å². The number of aryl methyl sites for hydroxylation is 2. The van der Waals surface area contributed by atoms with E-state index >= 15 is 0 Å². The minimum Gasteiger partial charge on any atom is -0.440 e. The van der Waals surface area contributed by atoms with Crippen molar-refractivity contribution in [2.24, 2.45) is 0 Å². The highest BCUT2D eigenvalue weighted by Gasteiger charge is 2.17. The first-order valence-corrected chi connectivity index (χ1v) is 9.13. The molecule has 8 heteroatoms. The number of aromatic nitrogens is 1. The van der Waals surface area contributed by atoms with Crippen LogP contribution in [0.4, 0.5) is 0 Å². The van der Waals surface area contributed by atoms with Gasteiger partial charge in [-0.3, -0.25) is 4.79 Å². The smallest absolute Gasteiger partial charge is 0.220 e. The quantitative estimate of drug-likeness (QED) is 0.700. The van der Waals surface area contributed by atoms with Crippen molar-refractivity contribution in [2.75, 3.05) is 13.1 Å². The highest BCUT2D eigenvalue weighted by Crippen LogP contribution is 2.26. The number of hydrogen-bond acceptors (Lipinski definition) is 4. The Balaban J connectivity index is 0.00000169. The molecule has 1 aromatic carbocycles. The van der Waals surface area contributed by atoms with Crippen LogP contribution >= 0.6 is 40.7 Å². The lowest BCUT2D eigenvalue weighted by atomic mass is 10.1. The van der Waals surface area contributed by atoms with Crippen LogP contribution in [0, 0.1) is 6.92 Å². The van der Waals surface area contributed by atoms with E-state index in [2.05, 4.69) is 31.5 Å². The molecule has 1 fully saturated rings. The zero-order valence-electron chi connectivity index (χ0n) is 14.6. The molecule has 1 aliphatic rings. The SMILES string of the molecule is Cc1nc(CCC(=O)NC2CCCNC2)oc1-c1ccc(Br)cc1.Cl.Cl. The van der Waals surface area contributed by atoms with E-state index in [1.807, 2.05) is 31.2 Å². The van der Waals surface area contributed by atoms with Gasteiger partial charge in [0, 0.05) is 35.5 Å². The van der Waals surface area contributed by atoms with Gasteiger partial charge in [0.2, 0.25) is 5.91 Å². The van der Waals surface area contributed by atoms with Crippen molar-refractivity contribution in [3.63, 3.8) is 0 Å². The molecular weight excluding hydrogens is 441 g/mol. The standard InChI is InChI=1S/C18H22BrN3O2.2ClH/c1-12-18(13-4-6-14(19)7-5-13)24-17(21-12)9-8-16(23)22-15-3-2-10-20-11-15;;/h4-7,15,20H,2-3,8-11H2,1H3,(H,22,23);2*1H. The molecule has 0 bridgehead atoms. The number of benzene rings is 1. The Kier molecular flexibility index (Phi) is 9.64. The number of amides is 1. The molecule has 2 N–H and O–H groups in total. The van der Waals surface area contributed by atoms with Crippen molar-refractivity contribution < 1.29 is 9.21 Å². The number of piperidine rings is 1. The summed E-state index contributed by atoms with van der Waals surface area (Å²) in [6.07, 6.45) is 3.07. The minimum absolute atomic E-state index is 0. The van der Waals surface area contributed by atoms with Gasteiger partial charge >= 0.3 is 0 Å². The first-order valence-electron chi connectivity index (χ1n) is 8.34. The predicted octanol–water partition coefficient (Wildman–Crippen LogP) is 4.06. The molecule has 0 saturated carbocycles. The van der Waals surface area contributed by atoms with E-state index in [1.165, 1.54) is 0 Å². The molecule has 0 aliphatic carbocycles. The monoisotopic (exact) mass is 463 g/mol. The normalized spacial score (nSPS) is 16.3. The summed E-state index contributed by atoms with van der Waals surface area (Å²) in [4.78, 5) is 16.5. The van der Waals surface area contributed by atoms with Crippen molar-refractivity contribution in [3.8, 4) is 11.3 Å². The van der Waals surface area contributed by atoms with Crippen LogP contribution < -0.4 is 10.6 Å². The van der Waals surface area contributed by atoms with Crippen molar-refractivity contribution in [1.29, 1.82) is 0 Å². The van der Waals surface area contributed by atoms with Gasteiger partial charge in [0.1, 0.15) is 0 Å². The molecule has 26 heavy (non-hydrogen) atoms. The molecule has 0 spiro atoms. The molecular formula is C18H24BrCl2N3O2. The van der Waals surface area contributed by atoms with E-state index < -0.39 is 0 Å².